The Morgan fingerprint density at radius 2 is 1.89 bits per heavy atom. The molecule has 0 aliphatic carbocycles. The summed E-state index contributed by atoms with van der Waals surface area (Å²) in [6.07, 6.45) is -5.44. The standard InChI is InChI=1S/C11H8F4O3/c1-6(16)4-10(17)18-7-2-3-9(12)8(5-7)11(13,14)15/h2-3,5H,4H2,1H3. The smallest absolute Gasteiger partial charge is 0.419 e. The van der Waals surface area contributed by atoms with Gasteiger partial charge in [0.2, 0.25) is 0 Å². The number of ether oxygens (including phenoxy) is 1. The van der Waals surface area contributed by atoms with Gasteiger partial charge in [-0.3, -0.25) is 9.59 Å². The van der Waals surface area contributed by atoms with Crippen molar-refractivity contribution in [3.8, 4) is 5.75 Å². The molecular formula is C11H8F4O3. The highest BCUT2D eigenvalue weighted by molar-refractivity contribution is 5.94. The van der Waals surface area contributed by atoms with E-state index in [1.54, 1.807) is 0 Å². The average Bonchev–Trinajstić information content (AvgIpc) is 2.17. The monoisotopic (exact) mass is 264 g/mol. The minimum Gasteiger partial charge on any atom is -0.426 e. The van der Waals surface area contributed by atoms with E-state index >= 15 is 0 Å². The number of hydrogen-bond donors (Lipinski definition) is 0. The Hall–Kier alpha value is -1.92. The van der Waals surface area contributed by atoms with Gasteiger partial charge in [0.25, 0.3) is 0 Å². The minimum atomic E-state index is -4.88. The van der Waals surface area contributed by atoms with Gasteiger partial charge in [0.05, 0.1) is 5.56 Å². The fourth-order valence-electron chi connectivity index (χ4n) is 1.16. The van der Waals surface area contributed by atoms with Crippen LogP contribution >= 0.6 is 0 Å². The summed E-state index contributed by atoms with van der Waals surface area (Å²) in [5.41, 5.74) is -1.53. The van der Waals surface area contributed by atoms with Crippen molar-refractivity contribution in [3.05, 3.63) is 29.6 Å². The van der Waals surface area contributed by atoms with Gasteiger partial charge in [-0.05, 0) is 25.1 Å². The molecule has 0 aliphatic heterocycles. The molecule has 0 spiro atoms. The zero-order chi connectivity index (χ0) is 13.9. The van der Waals surface area contributed by atoms with Crippen molar-refractivity contribution in [1.82, 2.24) is 0 Å². The van der Waals surface area contributed by atoms with Gasteiger partial charge in [0.1, 0.15) is 23.8 Å². The molecule has 98 valence electrons. The van der Waals surface area contributed by atoms with Crippen LogP contribution in [-0.4, -0.2) is 11.8 Å². The van der Waals surface area contributed by atoms with Crippen molar-refractivity contribution < 1.29 is 31.9 Å². The normalized spacial score (nSPS) is 11.2. The lowest BCUT2D eigenvalue weighted by molar-refractivity contribution is -0.141. The maximum Gasteiger partial charge on any atom is 0.419 e. The summed E-state index contributed by atoms with van der Waals surface area (Å²) >= 11 is 0. The third-order valence-electron chi connectivity index (χ3n) is 1.87. The van der Waals surface area contributed by atoms with Crippen LogP contribution in [0.15, 0.2) is 18.2 Å². The second kappa shape index (κ2) is 5.16. The molecule has 0 aromatic heterocycles. The van der Waals surface area contributed by atoms with Crippen LogP contribution in [0, 0.1) is 5.82 Å². The summed E-state index contributed by atoms with van der Waals surface area (Å²) in [4.78, 5) is 21.6. The first-order chi connectivity index (χ1) is 8.20. The van der Waals surface area contributed by atoms with E-state index in [9.17, 15) is 27.2 Å². The van der Waals surface area contributed by atoms with Gasteiger partial charge < -0.3 is 4.74 Å². The van der Waals surface area contributed by atoms with Gasteiger partial charge >= 0.3 is 12.1 Å². The Labute approximate surface area is 99.4 Å². The van der Waals surface area contributed by atoms with Crippen LogP contribution in [0.1, 0.15) is 18.9 Å². The molecular weight excluding hydrogens is 256 g/mol. The third-order valence-corrected chi connectivity index (χ3v) is 1.87. The summed E-state index contributed by atoms with van der Waals surface area (Å²) in [6, 6.07) is 1.79. The Bertz CT molecular complexity index is 480. The van der Waals surface area contributed by atoms with E-state index in [2.05, 4.69) is 4.74 Å². The number of carbonyl (C=O) groups is 2. The third kappa shape index (κ3) is 3.83. The fourth-order valence-corrected chi connectivity index (χ4v) is 1.16. The van der Waals surface area contributed by atoms with Gasteiger partial charge in [0, 0.05) is 0 Å². The molecule has 0 bridgehead atoms. The maximum atomic E-state index is 12.9. The fraction of sp³-hybridized carbons (Fsp3) is 0.273. The highest BCUT2D eigenvalue weighted by atomic mass is 19.4. The number of ketones is 1. The van der Waals surface area contributed by atoms with Gasteiger partial charge in [-0.2, -0.15) is 13.2 Å². The SMILES string of the molecule is CC(=O)CC(=O)Oc1ccc(F)c(C(F)(F)F)c1. The first-order valence-electron chi connectivity index (χ1n) is 4.77. The van der Waals surface area contributed by atoms with Crippen molar-refractivity contribution in [2.45, 2.75) is 19.5 Å². The lowest BCUT2D eigenvalue weighted by Crippen LogP contribution is -2.13. The molecule has 0 fully saturated rings. The van der Waals surface area contributed by atoms with Gasteiger partial charge in [0.15, 0.2) is 0 Å². The van der Waals surface area contributed by atoms with Gasteiger partial charge in [-0.15, -0.1) is 0 Å². The zero-order valence-corrected chi connectivity index (χ0v) is 9.18. The van der Waals surface area contributed by atoms with Crippen LogP contribution in [0.25, 0.3) is 0 Å². The van der Waals surface area contributed by atoms with E-state index in [0.717, 1.165) is 13.0 Å². The van der Waals surface area contributed by atoms with Crippen molar-refractivity contribution in [2.24, 2.45) is 0 Å². The number of carbonyl (C=O) groups excluding carboxylic acids is 2. The average molecular weight is 264 g/mol. The van der Waals surface area contributed by atoms with Crippen molar-refractivity contribution >= 4 is 11.8 Å². The lowest BCUT2D eigenvalue weighted by Gasteiger charge is -2.10. The van der Waals surface area contributed by atoms with Crippen LogP contribution in [0.2, 0.25) is 0 Å². The molecule has 3 nitrogen and oxygen atoms in total. The van der Waals surface area contributed by atoms with E-state index in [4.69, 9.17) is 0 Å². The lowest BCUT2D eigenvalue weighted by atomic mass is 10.2. The number of esters is 1. The van der Waals surface area contributed by atoms with Crippen LogP contribution in [0.3, 0.4) is 0 Å². The molecule has 0 heterocycles. The molecule has 1 aromatic carbocycles. The molecule has 0 unspecified atom stereocenters. The molecule has 7 heteroatoms. The first-order valence-corrected chi connectivity index (χ1v) is 4.77. The van der Waals surface area contributed by atoms with Crippen molar-refractivity contribution in [2.75, 3.05) is 0 Å². The molecule has 0 saturated heterocycles. The maximum absolute atomic E-state index is 12.9. The Morgan fingerprint density at radius 3 is 2.39 bits per heavy atom. The number of alkyl halides is 3. The van der Waals surface area contributed by atoms with Crippen LogP contribution in [0.5, 0.6) is 5.75 Å². The van der Waals surface area contributed by atoms with Gasteiger partial charge in [-0.25, -0.2) is 4.39 Å². The second-order valence-electron chi connectivity index (χ2n) is 3.49. The van der Waals surface area contributed by atoms with Crippen LogP contribution < -0.4 is 4.74 Å². The summed E-state index contributed by atoms with van der Waals surface area (Å²) in [6.45, 7) is 1.13. The number of Topliss-reactive ketones (excluding diaryl/α,β-unsaturated/α-hetero) is 1. The number of benzene rings is 1. The predicted molar refractivity (Wildman–Crippen MR) is 52.3 cm³/mol. The molecule has 18 heavy (non-hydrogen) atoms. The van der Waals surface area contributed by atoms with E-state index in [1.165, 1.54) is 0 Å². The summed E-state index contributed by atoms with van der Waals surface area (Å²) < 4.78 is 54.4. The molecule has 0 radical (unpaired) electrons. The van der Waals surface area contributed by atoms with E-state index < -0.39 is 41.5 Å². The van der Waals surface area contributed by atoms with Crippen molar-refractivity contribution in [3.63, 3.8) is 0 Å². The minimum absolute atomic E-state index is 0.368. The number of rotatable bonds is 3. The predicted octanol–water partition coefficient (Wildman–Crippen LogP) is 2.73. The highest BCUT2D eigenvalue weighted by Gasteiger charge is 2.34. The summed E-state index contributed by atoms with van der Waals surface area (Å²) in [7, 11) is 0. The summed E-state index contributed by atoms with van der Waals surface area (Å²) in [5.74, 6) is -3.41. The van der Waals surface area contributed by atoms with Gasteiger partial charge in [-0.1, -0.05) is 0 Å². The molecule has 1 rings (SSSR count). The zero-order valence-electron chi connectivity index (χ0n) is 9.18. The van der Waals surface area contributed by atoms with Crippen LogP contribution in [-0.2, 0) is 15.8 Å². The summed E-state index contributed by atoms with van der Waals surface area (Å²) in [5, 5.41) is 0. The quantitative estimate of drug-likeness (QED) is 0.365. The molecule has 0 atom stereocenters. The molecule has 0 aliphatic rings. The van der Waals surface area contributed by atoms with E-state index in [0.29, 0.717) is 12.1 Å². The largest absolute Gasteiger partial charge is 0.426 e. The topological polar surface area (TPSA) is 43.4 Å². The molecule has 0 saturated carbocycles. The molecule has 0 amide bonds. The number of halogens is 4. The Balaban J connectivity index is 2.92. The van der Waals surface area contributed by atoms with E-state index in [-0.39, 0.29) is 0 Å². The molecule has 0 N–H and O–H groups in total. The van der Waals surface area contributed by atoms with E-state index in [1.807, 2.05) is 0 Å². The Kier molecular flexibility index (Phi) is 4.05. The number of hydrogen-bond acceptors (Lipinski definition) is 3. The molecule has 1 aromatic rings. The van der Waals surface area contributed by atoms with Crippen molar-refractivity contribution in [1.29, 1.82) is 0 Å². The first kappa shape index (κ1) is 14.1. The van der Waals surface area contributed by atoms with Crippen LogP contribution in [0.4, 0.5) is 17.6 Å². The highest BCUT2D eigenvalue weighted by Crippen LogP contribution is 2.33. The second-order valence-corrected chi connectivity index (χ2v) is 3.49. The Morgan fingerprint density at radius 1 is 1.28 bits per heavy atom.